The summed E-state index contributed by atoms with van der Waals surface area (Å²) < 4.78 is 22.1. The van der Waals surface area contributed by atoms with E-state index in [-0.39, 0.29) is 48.7 Å². The van der Waals surface area contributed by atoms with Crippen LogP contribution in [0.5, 0.6) is 0 Å². The van der Waals surface area contributed by atoms with Crippen LogP contribution >= 0.6 is 0 Å². The van der Waals surface area contributed by atoms with Crippen molar-refractivity contribution in [2.24, 2.45) is 17.8 Å². The van der Waals surface area contributed by atoms with E-state index in [2.05, 4.69) is 21.3 Å². The number of carbonyl (C=O) groups excluding carboxylic acids is 5. The van der Waals surface area contributed by atoms with Gasteiger partial charge in [-0.1, -0.05) is 18.2 Å². The molecule has 0 aliphatic heterocycles. The summed E-state index contributed by atoms with van der Waals surface area (Å²) in [4.78, 5) is 77.0. The number of hydrogen-bond acceptors (Lipinski definition) is 7. The minimum atomic E-state index is -1.33. The number of nitrogens with one attached hydrogen (secondary N) is 4. The zero-order valence-corrected chi connectivity index (χ0v) is 25.6. The minimum absolute atomic E-state index is 0.0213. The number of rotatable bonds is 11. The molecule has 2 aromatic heterocycles. The predicted molar refractivity (Wildman–Crippen MR) is 165 cm³/mol. The zero-order valence-electron chi connectivity index (χ0n) is 25.6. The Bertz CT molecular complexity index is 1800. The molecule has 0 saturated heterocycles. The second-order valence-electron chi connectivity index (χ2n) is 12.7. The molecular formula is C33H36FN5O7. The van der Waals surface area contributed by atoms with Crippen LogP contribution in [0, 0.1) is 24.7 Å². The Morgan fingerprint density at radius 2 is 1.87 bits per heavy atom. The van der Waals surface area contributed by atoms with Crippen molar-refractivity contribution in [1.29, 1.82) is 0 Å². The number of halogens is 1. The maximum atomic E-state index is 15.3. The summed E-state index contributed by atoms with van der Waals surface area (Å²) in [7, 11) is 1.30. The summed E-state index contributed by atoms with van der Waals surface area (Å²) in [6, 6.07) is 8.30. The average Bonchev–Trinajstić information content (AvgIpc) is 3.56. The fraction of sp³-hybridized carbons (Fsp3) is 0.455. The monoisotopic (exact) mass is 633 g/mol. The van der Waals surface area contributed by atoms with Gasteiger partial charge >= 0.3 is 0 Å². The average molecular weight is 634 g/mol. The number of anilines is 1. The molecule has 242 valence electrons. The molecule has 4 bridgehead atoms. The van der Waals surface area contributed by atoms with Crippen molar-refractivity contribution in [2.75, 3.05) is 12.4 Å². The lowest BCUT2D eigenvalue weighted by molar-refractivity contribution is -0.137. The normalized spacial score (nSPS) is 24.8. The van der Waals surface area contributed by atoms with E-state index < -0.39 is 46.7 Å². The second kappa shape index (κ2) is 12.2. The van der Waals surface area contributed by atoms with Crippen LogP contribution < -0.4 is 26.8 Å². The Hall–Kier alpha value is -4.81. The highest BCUT2D eigenvalue weighted by Crippen LogP contribution is 2.62. The number of nitrogens with zero attached hydrogens (tertiary/aromatic N) is 1. The first-order chi connectivity index (χ1) is 22.0. The van der Waals surface area contributed by atoms with E-state index >= 15 is 4.39 Å². The summed E-state index contributed by atoms with van der Waals surface area (Å²) in [5, 5.41) is 11.0. The zero-order chi connectivity index (χ0) is 32.7. The molecule has 6 atom stereocenters. The van der Waals surface area contributed by atoms with Crippen molar-refractivity contribution in [3.63, 3.8) is 0 Å². The third-order valence-corrected chi connectivity index (χ3v) is 9.79. The van der Waals surface area contributed by atoms with E-state index in [1.165, 1.54) is 25.4 Å². The molecule has 4 saturated carbocycles. The number of para-hydroxylation sites is 1. The first kappa shape index (κ1) is 31.2. The number of aromatic nitrogens is 1. The highest BCUT2D eigenvalue weighted by molar-refractivity contribution is 6.36. The minimum Gasteiger partial charge on any atom is -0.451 e. The van der Waals surface area contributed by atoms with Gasteiger partial charge in [-0.3, -0.25) is 28.8 Å². The second-order valence-corrected chi connectivity index (χ2v) is 12.7. The van der Waals surface area contributed by atoms with Crippen molar-refractivity contribution < 1.29 is 32.8 Å². The van der Waals surface area contributed by atoms with Crippen LogP contribution in [0.1, 0.15) is 54.6 Å². The van der Waals surface area contributed by atoms with Gasteiger partial charge in [-0.15, -0.1) is 0 Å². The number of Topliss-reactive ketones (excluding diaryl/α,β-unsaturated/α-hetero) is 1. The van der Waals surface area contributed by atoms with Gasteiger partial charge in [-0.05, 0) is 69.1 Å². The Labute approximate surface area is 263 Å². The number of benzene rings is 1. The first-order valence-electron chi connectivity index (χ1n) is 15.5. The highest BCUT2D eigenvalue weighted by Gasteiger charge is 2.63. The van der Waals surface area contributed by atoms with E-state index in [1.54, 1.807) is 31.2 Å². The molecule has 4 fully saturated rings. The number of likely N-dealkylation sites (N-methyl/N-ethyl adjacent to an activating group) is 1. The topological polar surface area (TPSA) is 169 Å². The molecule has 4 amide bonds. The Morgan fingerprint density at radius 1 is 1.09 bits per heavy atom. The number of pyridine rings is 1. The summed E-state index contributed by atoms with van der Waals surface area (Å²) in [5.41, 5.74) is -1.00. The summed E-state index contributed by atoms with van der Waals surface area (Å²) in [6.07, 6.45) is 3.49. The molecule has 0 spiro atoms. The van der Waals surface area contributed by atoms with E-state index in [4.69, 9.17) is 4.42 Å². The molecule has 0 radical (unpaired) electrons. The third-order valence-electron chi connectivity index (χ3n) is 9.79. The standard InChI is InChI=1S/C33H36FN5O7/c1-17-20-6-3-4-8-25(20)46-28(17)31(44)36-22(9-10-24(40)30(43)35-2)29(42)37-23-7-5-11-39(32(23)45)16-26(41)38-27-19-12-18-13-21(27)33(34,14-18)15-19/h3-8,11,18-19,21-22,27H,9-10,12-16H2,1-2H3,(H,35,43)(H,36,44)(H,37,42)(H,38,41)/t18?,19?,21?,22-,27?,33?/m0/s1. The van der Waals surface area contributed by atoms with Crippen LogP contribution in [0.15, 0.2) is 51.8 Å². The maximum absolute atomic E-state index is 15.3. The smallest absolute Gasteiger partial charge is 0.287 e. The van der Waals surface area contributed by atoms with E-state index in [9.17, 15) is 28.8 Å². The fourth-order valence-electron chi connectivity index (χ4n) is 7.71. The number of amides is 4. The van der Waals surface area contributed by atoms with Crippen molar-refractivity contribution in [1.82, 2.24) is 20.5 Å². The number of furan rings is 1. The van der Waals surface area contributed by atoms with E-state index in [1.807, 2.05) is 0 Å². The van der Waals surface area contributed by atoms with Crippen molar-refractivity contribution in [2.45, 2.75) is 69.7 Å². The molecule has 7 rings (SSSR count). The molecule has 4 N–H and O–H groups in total. The summed E-state index contributed by atoms with van der Waals surface area (Å²) >= 11 is 0. The van der Waals surface area contributed by atoms with Gasteiger partial charge in [0.05, 0.1) is 0 Å². The molecule has 5 unspecified atom stereocenters. The Balaban J connectivity index is 1.15. The molecule has 2 heterocycles. The molecule has 1 aromatic carbocycles. The lowest BCUT2D eigenvalue weighted by Crippen LogP contribution is -2.47. The van der Waals surface area contributed by atoms with Crippen molar-refractivity contribution in [3.8, 4) is 0 Å². The number of carbonyl (C=O) groups is 5. The first-order valence-corrected chi connectivity index (χ1v) is 15.5. The fourth-order valence-corrected chi connectivity index (χ4v) is 7.71. The Kier molecular flexibility index (Phi) is 8.26. The Morgan fingerprint density at radius 3 is 2.61 bits per heavy atom. The lowest BCUT2D eigenvalue weighted by atomic mass is 9.79. The maximum Gasteiger partial charge on any atom is 0.287 e. The van der Waals surface area contributed by atoms with Gasteiger partial charge in [0.15, 0.2) is 5.76 Å². The van der Waals surface area contributed by atoms with Gasteiger partial charge in [0.1, 0.15) is 29.5 Å². The van der Waals surface area contributed by atoms with Crippen LogP contribution in [-0.4, -0.2) is 58.8 Å². The van der Waals surface area contributed by atoms with Crippen molar-refractivity contribution >= 4 is 46.1 Å². The van der Waals surface area contributed by atoms with Gasteiger partial charge in [0, 0.05) is 42.6 Å². The van der Waals surface area contributed by atoms with Crippen molar-refractivity contribution in [3.05, 3.63) is 64.3 Å². The molecule has 4 aliphatic carbocycles. The molecular weight excluding hydrogens is 597 g/mol. The van der Waals surface area contributed by atoms with Crippen LogP contribution in [0.4, 0.5) is 10.1 Å². The highest BCUT2D eigenvalue weighted by atomic mass is 19.1. The number of fused-ring (bicyclic) bond motifs is 1. The molecule has 3 aromatic rings. The summed E-state index contributed by atoms with van der Waals surface area (Å²) in [5.74, 6) is -3.32. The third kappa shape index (κ3) is 5.81. The molecule has 4 aliphatic rings. The molecule has 12 nitrogen and oxygen atoms in total. The number of ketones is 1. The van der Waals surface area contributed by atoms with Crippen LogP contribution in [0.2, 0.25) is 0 Å². The largest absolute Gasteiger partial charge is 0.451 e. The van der Waals surface area contributed by atoms with Crippen LogP contribution in [0.3, 0.4) is 0 Å². The van der Waals surface area contributed by atoms with Crippen LogP contribution in [-0.2, 0) is 25.7 Å². The lowest BCUT2D eigenvalue weighted by Gasteiger charge is -2.32. The molecule has 46 heavy (non-hydrogen) atoms. The quantitative estimate of drug-likeness (QED) is 0.235. The number of alkyl halides is 1. The number of aryl methyl sites for hydroxylation is 1. The van der Waals surface area contributed by atoms with E-state index in [0.29, 0.717) is 29.9 Å². The van der Waals surface area contributed by atoms with Gasteiger partial charge in [0.25, 0.3) is 17.4 Å². The van der Waals surface area contributed by atoms with E-state index in [0.717, 1.165) is 22.8 Å². The summed E-state index contributed by atoms with van der Waals surface area (Å²) in [6.45, 7) is 1.37. The SMILES string of the molecule is CNC(=O)C(=O)CC[C@H](NC(=O)c1oc2ccccc2c1C)C(=O)Nc1cccn(CC(=O)NC2C3CC4CC2C(F)(C4)C3)c1=O. The van der Waals surface area contributed by atoms with Gasteiger partial charge in [0.2, 0.25) is 17.6 Å². The van der Waals surface area contributed by atoms with Gasteiger partial charge < -0.3 is 30.3 Å². The van der Waals surface area contributed by atoms with Crippen LogP contribution in [0.25, 0.3) is 11.0 Å². The predicted octanol–water partition coefficient (Wildman–Crippen LogP) is 2.38. The van der Waals surface area contributed by atoms with Gasteiger partial charge in [-0.2, -0.15) is 0 Å². The molecule has 13 heteroatoms. The number of hydrogen-bond donors (Lipinski definition) is 4. The van der Waals surface area contributed by atoms with Gasteiger partial charge in [-0.25, -0.2) is 4.39 Å².